The molecule has 0 radical (unpaired) electrons. The van der Waals surface area contributed by atoms with Gasteiger partial charge in [0.25, 0.3) is 0 Å². The highest BCUT2D eigenvalue weighted by Crippen LogP contribution is 2.12. The molecule has 1 N–H and O–H groups in total. The average Bonchev–Trinajstić information content (AvgIpc) is 2.75. The molecule has 0 unspecified atom stereocenters. The number of nitrogens with one attached hydrogen (secondary N) is 1. The van der Waals surface area contributed by atoms with Gasteiger partial charge in [-0.1, -0.05) is 5.10 Å². The first kappa shape index (κ1) is 13.8. The van der Waals surface area contributed by atoms with E-state index in [1.807, 2.05) is 13.8 Å². The van der Waals surface area contributed by atoms with Gasteiger partial charge in [0, 0.05) is 25.4 Å². The Bertz CT molecular complexity index is 356. The van der Waals surface area contributed by atoms with E-state index in [1.54, 1.807) is 4.90 Å². The number of hydrogen-bond acceptors (Lipinski definition) is 5. The Morgan fingerprint density at radius 2 is 2.24 bits per heavy atom. The predicted octanol–water partition coefficient (Wildman–Crippen LogP) is 0.813. The highest BCUT2D eigenvalue weighted by molar-refractivity contribution is 6.17. The Morgan fingerprint density at radius 3 is 2.82 bits per heavy atom. The van der Waals surface area contributed by atoms with Gasteiger partial charge < -0.3 is 14.6 Å². The number of nitrogens with zero attached hydrogens (tertiary/aromatic N) is 3. The molecule has 1 rings (SSSR count). The van der Waals surface area contributed by atoms with Gasteiger partial charge in [-0.25, -0.2) is 0 Å². The summed E-state index contributed by atoms with van der Waals surface area (Å²) in [5, 5.41) is 10.5. The third-order valence-electron chi connectivity index (χ3n) is 2.13. The SMILES string of the molecule is CCNC(=O)CN(CC)c1nnc(CCCl)o1. The van der Waals surface area contributed by atoms with Crippen LogP contribution < -0.4 is 10.2 Å². The van der Waals surface area contributed by atoms with Gasteiger partial charge in [-0.2, -0.15) is 0 Å². The Labute approximate surface area is 105 Å². The summed E-state index contributed by atoms with van der Waals surface area (Å²) in [7, 11) is 0. The quantitative estimate of drug-likeness (QED) is 0.735. The fourth-order valence-electron chi connectivity index (χ4n) is 1.30. The third kappa shape index (κ3) is 4.22. The molecule has 0 fully saturated rings. The molecule has 1 amide bonds. The van der Waals surface area contributed by atoms with Crippen LogP contribution in [-0.4, -0.2) is 41.6 Å². The summed E-state index contributed by atoms with van der Waals surface area (Å²) in [5.41, 5.74) is 0. The number of aryl methyl sites for hydroxylation is 1. The van der Waals surface area contributed by atoms with Gasteiger partial charge in [0.15, 0.2) is 0 Å². The summed E-state index contributed by atoms with van der Waals surface area (Å²) < 4.78 is 5.40. The van der Waals surface area contributed by atoms with Crippen molar-refractivity contribution >= 4 is 23.5 Å². The monoisotopic (exact) mass is 260 g/mol. The van der Waals surface area contributed by atoms with E-state index < -0.39 is 0 Å². The van der Waals surface area contributed by atoms with Crippen molar-refractivity contribution in [2.45, 2.75) is 20.3 Å². The van der Waals surface area contributed by atoms with Crippen molar-refractivity contribution in [1.82, 2.24) is 15.5 Å². The smallest absolute Gasteiger partial charge is 0.318 e. The Hall–Kier alpha value is -1.30. The number of halogens is 1. The van der Waals surface area contributed by atoms with Crippen molar-refractivity contribution in [2.75, 3.05) is 30.4 Å². The summed E-state index contributed by atoms with van der Waals surface area (Å²) in [5.74, 6) is 0.861. The normalized spacial score (nSPS) is 10.3. The molecule has 0 bridgehead atoms. The van der Waals surface area contributed by atoms with Crippen molar-refractivity contribution in [3.8, 4) is 0 Å². The van der Waals surface area contributed by atoms with E-state index >= 15 is 0 Å². The number of hydrogen-bond donors (Lipinski definition) is 1. The van der Waals surface area contributed by atoms with Crippen molar-refractivity contribution < 1.29 is 9.21 Å². The molecule has 0 atom stereocenters. The minimum Gasteiger partial charge on any atom is -0.408 e. The topological polar surface area (TPSA) is 71.3 Å². The van der Waals surface area contributed by atoms with Crippen LogP contribution >= 0.6 is 11.6 Å². The number of rotatable bonds is 7. The molecule has 1 heterocycles. The number of aromatic nitrogens is 2. The first-order valence-corrected chi connectivity index (χ1v) is 6.14. The molecule has 0 aliphatic rings. The molecule has 0 saturated carbocycles. The number of alkyl halides is 1. The Balaban J connectivity index is 2.62. The van der Waals surface area contributed by atoms with Crippen LogP contribution in [0.1, 0.15) is 19.7 Å². The highest BCUT2D eigenvalue weighted by Gasteiger charge is 2.15. The average molecular weight is 261 g/mol. The van der Waals surface area contributed by atoms with Crippen LogP contribution in [-0.2, 0) is 11.2 Å². The van der Waals surface area contributed by atoms with Gasteiger partial charge in [-0.05, 0) is 13.8 Å². The molecule has 7 heteroatoms. The summed E-state index contributed by atoms with van der Waals surface area (Å²) in [6.45, 7) is 5.24. The molecular weight excluding hydrogens is 244 g/mol. The molecular formula is C10H17ClN4O2. The maximum Gasteiger partial charge on any atom is 0.318 e. The van der Waals surface area contributed by atoms with Crippen molar-refractivity contribution in [3.63, 3.8) is 0 Å². The van der Waals surface area contributed by atoms with E-state index in [0.717, 1.165) is 0 Å². The number of amides is 1. The summed E-state index contributed by atoms with van der Waals surface area (Å²) in [6, 6.07) is 0.360. The lowest BCUT2D eigenvalue weighted by atomic mass is 10.5. The first-order chi connectivity index (χ1) is 8.21. The van der Waals surface area contributed by atoms with Crippen LogP contribution in [0.5, 0.6) is 0 Å². The molecule has 1 aromatic heterocycles. The highest BCUT2D eigenvalue weighted by atomic mass is 35.5. The van der Waals surface area contributed by atoms with Crippen molar-refractivity contribution in [3.05, 3.63) is 5.89 Å². The summed E-state index contributed by atoms with van der Waals surface area (Å²) in [6.07, 6.45) is 0.535. The van der Waals surface area contributed by atoms with Crippen LogP contribution in [0.2, 0.25) is 0 Å². The molecule has 6 nitrogen and oxygen atoms in total. The van der Waals surface area contributed by atoms with E-state index in [9.17, 15) is 4.79 Å². The van der Waals surface area contributed by atoms with Crippen molar-refractivity contribution in [1.29, 1.82) is 0 Å². The predicted molar refractivity (Wildman–Crippen MR) is 65.3 cm³/mol. The molecule has 0 aromatic carbocycles. The van der Waals surface area contributed by atoms with Gasteiger partial charge in [0.05, 0.1) is 0 Å². The molecule has 0 saturated heterocycles. The minimum absolute atomic E-state index is 0.0635. The Morgan fingerprint density at radius 1 is 1.47 bits per heavy atom. The summed E-state index contributed by atoms with van der Waals surface area (Å²) in [4.78, 5) is 13.2. The van der Waals surface area contributed by atoms with Crippen LogP contribution in [0.3, 0.4) is 0 Å². The second-order valence-electron chi connectivity index (χ2n) is 3.39. The second-order valence-corrected chi connectivity index (χ2v) is 3.76. The number of anilines is 1. The zero-order valence-corrected chi connectivity index (χ0v) is 10.8. The maximum atomic E-state index is 11.5. The third-order valence-corrected chi connectivity index (χ3v) is 2.31. The molecule has 17 heavy (non-hydrogen) atoms. The Kier molecular flexibility index (Phi) is 5.76. The second kappa shape index (κ2) is 7.11. The molecule has 0 aliphatic carbocycles. The molecule has 0 aliphatic heterocycles. The number of likely N-dealkylation sites (N-methyl/N-ethyl adjacent to an activating group) is 2. The van der Waals surface area contributed by atoms with E-state index in [-0.39, 0.29) is 12.5 Å². The lowest BCUT2D eigenvalue weighted by Gasteiger charge is -2.16. The lowest BCUT2D eigenvalue weighted by Crippen LogP contribution is -2.37. The lowest BCUT2D eigenvalue weighted by molar-refractivity contribution is -0.119. The fourth-order valence-corrected chi connectivity index (χ4v) is 1.46. The number of carbonyl (C=O) groups is 1. The van der Waals surface area contributed by atoms with Crippen LogP contribution in [0.15, 0.2) is 4.42 Å². The van der Waals surface area contributed by atoms with Crippen LogP contribution in [0.25, 0.3) is 0 Å². The summed E-state index contributed by atoms with van der Waals surface area (Å²) >= 11 is 5.58. The van der Waals surface area contributed by atoms with Gasteiger partial charge >= 0.3 is 6.01 Å². The maximum absolute atomic E-state index is 11.5. The van der Waals surface area contributed by atoms with E-state index in [1.165, 1.54) is 0 Å². The largest absolute Gasteiger partial charge is 0.408 e. The molecule has 96 valence electrons. The molecule has 0 spiro atoms. The fraction of sp³-hybridized carbons (Fsp3) is 0.700. The van der Waals surface area contributed by atoms with Crippen LogP contribution in [0, 0.1) is 0 Å². The number of carbonyl (C=O) groups excluding carboxylic acids is 1. The van der Waals surface area contributed by atoms with Crippen molar-refractivity contribution in [2.24, 2.45) is 0 Å². The zero-order chi connectivity index (χ0) is 12.7. The van der Waals surface area contributed by atoms with E-state index in [0.29, 0.717) is 37.3 Å². The zero-order valence-electron chi connectivity index (χ0n) is 10.1. The van der Waals surface area contributed by atoms with Crippen LogP contribution in [0.4, 0.5) is 6.01 Å². The first-order valence-electron chi connectivity index (χ1n) is 5.61. The van der Waals surface area contributed by atoms with Gasteiger partial charge in [0.1, 0.15) is 6.54 Å². The van der Waals surface area contributed by atoms with Gasteiger partial charge in [-0.3, -0.25) is 4.79 Å². The van der Waals surface area contributed by atoms with E-state index in [2.05, 4.69) is 15.5 Å². The standard InChI is InChI=1S/C10H17ClN4O2/c1-3-12-8(16)7-15(4-2)10-14-13-9(17-10)5-6-11/h3-7H2,1-2H3,(H,12,16). The van der Waals surface area contributed by atoms with Gasteiger partial charge in [-0.15, -0.1) is 16.7 Å². The van der Waals surface area contributed by atoms with E-state index in [4.69, 9.17) is 16.0 Å². The molecule has 1 aromatic rings. The minimum atomic E-state index is -0.0635. The van der Waals surface area contributed by atoms with Gasteiger partial charge in [0.2, 0.25) is 11.8 Å².